The maximum Gasteiger partial charge on any atom is 0.272 e. The number of likely N-dealkylation sites (N-methyl/N-ethyl adjacent to an activating group) is 1. The molecule has 1 amide bonds. The van der Waals surface area contributed by atoms with Crippen molar-refractivity contribution in [2.24, 2.45) is 4.40 Å². The predicted molar refractivity (Wildman–Crippen MR) is 89.9 cm³/mol. The lowest BCUT2D eigenvalue weighted by atomic mass is 10.2. The monoisotopic (exact) mass is 349 g/mol. The average molecular weight is 349 g/mol. The maximum absolute atomic E-state index is 12.9. The fourth-order valence-electron chi connectivity index (χ4n) is 1.95. The summed E-state index contributed by atoms with van der Waals surface area (Å²) in [4.78, 5) is 13.3. The van der Waals surface area contributed by atoms with Crippen LogP contribution in [0.5, 0.6) is 0 Å². The Balaban J connectivity index is 1.87. The van der Waals surface area contributed by atoms with E-state index in [1.54, 1.807) is 6.08 Å². The first-order chi connectivity index (χ1) is 11.0. The van der Waals surface area contributed by atoms with Gasteiger partial charge in [0.25, 0.3) is 5.91 Å². The molecule has 0 bridgehead atoms. The van der Waals surface area contributed by atoms with Crippen LogP contribution in [-0.4, -0.2) is 27.2 Å². The lowest BCUT2D eigenvalue weighted by Gasteiger charge is -2.22. The molecule has 2 heterocycles. The summed E-state index contributed by atoms with van der Waals surface area (Å²) in [6, 6.07) is 9.13. The van der Waals surface area contributed by atoms with Crippen molar-refractivity contribution in [1.29, 1.82) is 0 Å². The van der Waals surface area contributed by atoms with Crippen LogP contribution < -0.4 is 5.32 Å². The van der Waals surface area contributed by atoms with E-state index in [0.717, 1.165) is 4.88 Å². The molecule has 0 aliphatic carbocycles. The molecular formula is C15H12FN3O2S2. The molecular weight excluding hydrogens is 337 g/mol. The number of benzene rings is 1. The maximum atomic E-state index is 12.9. The van der Waals surface area contributed by atoms with Crippen LogP contribution in [0.4, 0.5) is 10.1 Å². The van der Waals surface area contributed by atoms with E-state index in [0.29, 0.717) is 11.4 Å². The zero-order valence-corrected chi connectivity index (χ0v) is 13.7. The van der Waals surface area contributed by atoms with Crippen molar-refractivity contribution >= 4 is 39.8 Å². The minimum atomic E-state index is -1.67. The summed E-state index contributed by atoms with van der Waals surface area (Å²) < 4.78 is 30.4. The van der Waals surface area contributed by atoms with E-state index in [9.17, 15) is 13.4 Å². The highest BCUT2D eigenvalue weighted by molar-refractivity contribution is 7.81. The molecule has 1 atom stereocenters. The molecule has 1 N–H and O–H groups in total. The van der Waals surface area contributed by atoms with Gasteiger partial charge in [-0.3, -0.25) is 9.10 Å². The molecule has 1 aromatic carbocycles. The number of anilines is 1. The van der Waals surface area contributed by atoms with Crippen LogP contribution in [0.2, 0.25) is 0 Å². The van der Waals surface area contributed by atoms with E-state index in [1.165, 1.54) is 47.0 Å². The molecule has 3 rings (SSSR count). The van der Waals surface area contributed by atoms with Gasteiger partial charge < -0.3 is 5.32 Å². The van der Waals surface area contributed by atoms with E-state index < -0.39 is 17.1 Å². The van der Waals surface area contributed by atoms with Crippen molar-refractivity contribution in [1.82, 2.24) is 4.31 Å². The van der Waals surface area contributed by atoms with Gasteiger partial charge >= 0.3 is 0 Å². The highest BCUT2D eigenvalue weighted by Crippen LogP contribution is 2.21. The first kappa shape index (κ1) is 15.6. The fourth-order valence-corrected chi connectivity index (χ4v) is 3.44. The molecule has 1 aromatic heterocycles. The molecule has 0 spiro atoms. The molecule has 0 saturated heterocycles. The molecule has 0 fully saturated rings. The number of nitrogens with one attached hydrogen (secondary N) is 1. The normalized spacial score (nSPS) is 17.5. The summed E-state index contributed by atoms with van der Waals surface area (Å²) in [5.74, 6) is -0.818. The summed E-state index contributed by atoms with van der Waals surface area (Å²) in [6.07, 6.45) is 1.59. The predicted octanol–water partition coefficient (Wildman–Crippen LogP) is 2.72. The van der Waals surface area contributed by atoms with Crippen LogP contribution in [0.15, 0.2) is 57.9 Å². The quantitative estimate of drug-likeness (QED) is 0.926. The second-order valence-corrected chi connectivity index (χ2v) is 6.81. The van der Waals surface area contributed by atoms with Crippen molar-refractivity contribution in [3.05, 3.63) is 64.2 Å². The fraction of sp³-hybridized carbons (Fsp3) is 0.0667. The van der Waals surface area contributed by atoms with E-state index in [-0.39, 0.29) is 11.5 Å². The number of rotatable bonds is 3. The lowest BCUT2D eigenvalue weighted by molar-refractivity contribution is -0.113. The Morgan fingerprint density at radius 2 is 2.04 bits per heavy atom. The van der Waals surface area contributed by atoms with Gasteiger partial charge in [0.15, 0.2) is 0 Å². The van der Waals surface area contributed by atoms with E-state index in [4.69, 9.17) is 0 Å². The molecule has 23 heavy (non-hydrogen) atoms. The van der Waals surface area contributed by atoms with E-state index >= 15 is 0 Å². The van der Waals surface area contributed by atoms with Gasteiger partial charge in [0, 0.05) is 12.7 Å². The van der Waals surface area contributed by atoms with Crippen LogP contribution in [0, 0.1) is 5.82 Å². The van der Waals surface area contributed by atoms with Crippen molar-refractivity contribution in [3.63, 3.8) is 0 Å². The van der Waals surface area contributed by atoms with Crippen LogP contribution in [-0.2, 0) is 16.0 Å². The Morgan fingerprint density at radius 1 is 1.30 bits per heavy atom. The van der Waals surface area contributed by atoms with Gasteiger partial charge in [0.2, 0.25) is 11.2 Å². The van der Waals surface area contributed by atoms with Gasteiger partial charge in [-0.15, -0.1) is 11.3 Å². The van der Waals surface area contributed by atoms with Crippen LogP contribution >= 0.6 is 11.3 Å². The lowest BCUT2D eigenvalue weighted by Crippen LogP contribution is -2.32. The van der Waals surface area contributed by atoms with Crippen LogP contribution in [0.1, 0.15) is 4.88 Å². The molecule has 0 saturated carbocycles. The van der Waals surface area contributed by atoms with Gasteiger partial charge in [-0.25, -0.2) is 8.60 Å². The second-order valence-electron chi connectivity index (χ2n) is 4.67. The third-order valence-corrected chi connectivity index (χ3v) is 5.04. The zero-order valence-electron chi connectivity index (χ0n) is 12.0. The number of hydrogen-bond donors (Lipinski definition) is 1. The molecule has 2 aromatic rings. The average Bonchev–Trinajstić information content (AvgIpc) is 3.06. The van der Waals surface area contributed by atoms with Crippen molar-refractivity contribution in [2.45, 2.75) is 0 Å². The van der Waals surface area contributed by atoms with Crippen LogP contribution in [0.3, 0.4) is 0 Å². The number of halogens is 1. The van der Waals surface area contributed by atoms with Crippen molar-refractivity contribution < 1.29 is 13.4 Å². The van der Waals surface area contributed by atoms with Gasteiger partial charge in [-0.2, -0.15) is 4.40 Å². The Labute approximate surface area is 138 Å². The van der Waals surface area contributed by atoms with Gasteiger partial charge in [0.1, 0.15) is 11.5 Å². The number of carbonyl (C=O) groups is 1. The molecule has 5 nitrogen and oxygen atoms in total. The Hall–Kier alpha value is -2.32. The van der Waals surface area contributed by atoms with E-state index in [2.05, 4.69) is 9.71 Å². The topological polar surface area (TPSA) is 61.8 Å². The largest absolute Gasteiger partial charge is 0.321 e. The number of amides is 1. The first-order valence-electron chi connectivity index (χ1n) is 6.61. The number of nitrogens with zero attached hydrogens (tertiary/aromatic N) is 2. The molecule has 8 heteroatoms. The van der Waals surface area contributed by atoms with E-state index in [1.807, 2.05) is 17.5 Å². The number of carbonyl (C=O) groups excluding carboxylic acids is 1. The summed E-state index contributed by atoms with van der Waals surface area (Å²) in [7, 11) is 1.53. The molecule has 0 radical (unpaired) electrons. The molecule has 118 valence electrons. The number of thiophene rings is 1. The third-order valence-electron chi connectivity index (χ3n) is 3.13. The SMILES string of the molecule is CN1C(C(=O)Nc2ccc(F)cc2)=CC(c2cccs2)=NS1=O. The molecule has 1 unspecified atom stereocenters. The van der Waals surface area contributed by atoms with Crippen LogP contribution in [0.25, 0.3) is 0 Å². The summed E-state index contributed by atoms with van der Waals surface area (Å²) in [6.45, 7) is 0. The third kappa shape index (κ3) is 3.38. The summed E-state index contributed by atoms with van der Waals surface area (Å²) >= 11 is -0.223. The Bertz CT molecular complexity index is 814. The first-order valence-corrected chi connectivity index (χ1v) is 8.56. The number of allylic oxidation sites excluding steroid dienone is 1. The summed E-state index contributed by atoms with van der Waals surface area (Å²) in [5.41, 5.74) is 1.18. The van der Waals surface area contributed by atoms with Gasteiger partial charge in [-0.05, 0) is 41.8 Å². The Morgan fingerprint density at radius 3 is 2.70 bits per heavy atom. The standard InChI is InChI=1S/C15H12FN3O2S2/c1-19-13(15(20)17-11-6-4-10(16)5-7-11)9-12(18-23(19)21)14-3-2-8-22-14/h2-9H,1H3,(H,17,20). The smallest absolute Gasteiger partial charge is 0.272 e. The second kappa shape index (κ2) is 6.43. The zero-order chi connectivity index (χ0) is 16.4. The minimum Gasteiger partial charge on any atom is -0.321 e. The molecule has 1 aliphatic heterocycles. The highest BCUT2D eigenvalue weighted by atomic mass is 32.2. The van der Waals surface area contributed by atoms with Crippen molar-refractivity contribution in [2.75, 3.05) is 12.4 Å². The minimum absolute atomic E-state index is 0.228. The highest BCUT2D eigenvalue weighted by Gasteiger charge is 2.25. The number of hydrogen-bond acceptors (Lipinski definition) is 3. The van der Waals surface area contributed by atoms with Gasteiger partial charge in [-0.1, -0.05) is 6.07 Å². The molecule has 1 aliphatic rings. The Kier molecular flexibility index (Phi) is 4.35. The van der Waals surface area contributed by atoms with Gasteiger partial charge in [0.05, 0.1) is 10.6 Å². The summed E-state index contributed by atoms with van der Waals surface area (Å²) in [5, 5.41) is 4.53. The van der Waals surface area contributed by atoms with Crippen molar-refractivity contribution in [3.8, 4) is 0 Å².